The molecule has 0 radical (unpaired) electrons. The fraction of sp³-hybridized carbons (Fsp3) is 0.318. The zero-order valence-corrected chi connectivity index (χ0v) is 17.9. The van der Waals surface area contributed by atoms with Crippen LogP contribution in [0.2, 0.25) is 0 Å². The molecule has 4 aromatic heterocycles. The van der Waals surface area contributed by atoms with Gasteiger partial charge in [-0.25, -0.2) is 4.98 Å². The van der Waals surface area contributed by atoms with Crippen LogP contribution in [0.15, 0.2) is 47.2 Å². The molecule has 10 nitrogen and oxygen atoms in total. The summed E-state index contributed by atoms with van der Waals surface area (Å²) in [6.45, 7) is 3.16. The summed E-state index contributed by atoms with van der Waals surface area (Å²) < 4.78 is 11.1. The lowest BCUT2D eigenvalue weighted by Crippen LogP contribution is -2.25. The third-order valence-corrected chi connectivity index (χ3v) is 5.35. The molecule has 0 amide bonds. The minimum Gasteiger partial charge on any atom is -0.378 e. The van der Waals surface area contributed by atoms with Gasteiger partial charge in [-0.2, -0.15) is 10.1 Å². The Balaban J connectivity index is 1.44. The Morgan fingerprint density at radius 2 is 2.19 bits per heavy atom. The van der Waals surface area contributed by atoms with Crippen molar-refractivity contribution in [3.05, 3.63) is 59.9 Å². The number of hydrogen-bond donors (Lipinski definition) is 2. The quantitative estimate of drug-likeness (QED) is 0.449. The molecule has 1 unspecified atom stereocenters. The smallest absolute Gasteiger partial charge is 0.228 e. The molecule has 5 heterocycles. The zero-order valence-electron chi connectivity index (χ0n) is 17.9. The van der Waals surface area contributed by atoms with E-state index in [1.165, 1.54) is 0 Å². The summed E-state index contributed by atoms with van der Waals surface area (Å²) in [6, 6.07) is 9.63. The van der Waals surface area contributed by atoms with E-state index in [-0.39, 0.29) is 6.04 Å². The highest BCUT2D eigenvalue weighted by Crippen LogP contribution is 2.36. The van der Waals surface area contributed by atoms with E-state index in [4.69, 9.17) is 19.2 Å². The maximum absolute atomic E-state index is 5.73. The Labute approximate surface area is 185 Å². The summed E-state index contributed by atoms with van der Waals surface area (Å²) in [5.74, 6) is 2.77. The number of pyridine rings is 1. The number of aryl methyl sites for hydroxylation is 1. The summed E-state index contributed by atoms with van der Waals surface area (Å²) in [5, 5.41) is 14.7. The van der Waals surface area contributed by atoms with E-state index in [1.807, 2.05) is 37.3 Å². The highest BCUT2D eigenvalue weighted by atomic mass is 16.5. The summed E-state index contributed by atoms with van der Waals surface area (Å²) in [4.78, 5) is 15.8. The van der Waals surface area contributed by atoms with E-state index in [0.29, 0.717) is 24.2 Å². The Kier molecular flexibility index (Phi) is 5.51. The van der Waals surface area contributed by atoms with Crippen LogP contribution >= 0.6 is 0 Å². The lowest BCUT2D eigenvalue weighted by Gasteiger charge is -2.23. The molecule has 0 aromatic carbocycles. The van der Waals surface area contributed by atoms with Crippen molar-refractivity contribution in [1.29, 1.82) is 0 Å². The molecule has 1 fully saturated rings. The number of hydrogen-bond acceptors (Lipinski definition) is 9. The zero-order chi connectivity index (χ0) is 21.9. The SMILES string of the molecule is COCc1cc(Nc2cc(C)[nH]n2)nc(N2CCCC2c2cc(-c3cccnc3)no2)n1. The Hall–Kier alpha value is -3.79. The van der Waals surface area contributed by atoms with E-state index >= 15 is 0 Å². The number of nitrogens with one attached hydrogen (secondary N) is 2. The summed E-state index contributed by atoms with van der Waals surface area (Å²) in [7, 11) is 1.65. The molecule has 1 aliphatic rings. The monoisotopic (exact) mass is 432 g/mol. The van der Waals surface area contributed by atoms with Gasteiger partial charge in [-0.3, -0.25) is 10.1 Å². The molecule has 2 N–H and O–H groups in total. The molecular weight excluding hydrogens is 408 g/mol. The summed E-state index contributed by atoms with van der Waals surface area (Å²) in [6.07, 6.45) is 5.46. The highest BCUT2D eigenvalue weighted by molar-refractivity contribution is 5.58. The molecule has 164 valence electrons. The molecule has 1 atom stereocenters. The van der Waals surface area contributed by atoms with Crippen molar-refractivity contribution < 1.29 is 9.26 Å². The van der Waals surface area contributed by atoms with Crippen molar-refractivity contribution in [2.24, 2.45) is 0 Å². The molecule has 0 bridgehead atoms. The van der Waals surface area contributed by atoms with Crippen molar-refractivity contribution >= 4 is 17.6 Å². The first-order valence-electron chi connectivity index (χ1n) is 10.5. The van der Waals surface area contributed by atoms with Gasteiger partial charge < -0.3 is 19.5 Å². The van der Waals surface area contributed by atoms with Gasteiger partial charge in [-0.05, 0) is 31.9 Å². The van der Waals surface area contributed by atoms with Crippen LogP contribution in [0.5, 0.6) is 0 Å². The fourth-order valence-corrected chi connectivity index (χ4v) is 3.91. The topological polar surface area (TPSA) is 118 Å². The second-order valence-corrected chi connectivity index (χ2v) is 7.75. The van der Waals surface area contributed by atoms with Gasteiger partial charge in [0, 0.05) is 55.5 Å². The van der Waals surface area contributed by atoms with E-state index in [2.05, 4.69) is 30.6 Å². The number of aromatic nitrogens is 6. The standard InChI is InChI=1S/C22H24N8O2/c1-14-9-21(28-27-14)25-20-10-16(13-31-2)24-22(26-20)30-8-4-6-18(30)19-11-17(29-32-19)15-5-3-7-23-12-15/h3,5,7,9-12,18H,4,6,8,13H2,1-2H3,(H2,24,25,26,27,28). The van der Waals surface area contributed by atoms with E-state index in [1.54, 1.807) is 19.5 Å². The van der Waals surface area contributed by atoms with Gasteiger partial charge >= 0.3 is 0 Å². The van der Waals surface area contributed by atoms with Gasteiger partial charge in [-0.1, -0.05) is 5.16 Å². The third-order valence-electron chi connectivity index (χ3n) is 5.35. The number of nitrogens with zero attached hydrogens (tertiary/aromatic N) is 6. The van der Waals surface area contributed by atoms with Crippen molar-refractivity contribution in [2.45, 2.75) is 32.4 Å². The van der Waals surface area contributed by atoms with Crippen LogP contribution in [0.3, 0.4) is 0 Å². The predicted octanol–water partition coefficient (Wildman–Crippen LogP) is 3.79. The average Bonchev–Trinajstić information content (AvgIpc) is 3.55. The van der Waals surface area contributed by atoms with Crippen LogP contribution in [-0.4, -0.2) is 44.0 Å². The van der Waals surface area contributed by atoms with Crippen LogP contribution in [0.25, 0.3) is 11.3 Å². The van der Waals surface area contributed by atoms with Gasteiger partial charge in [0.2, 0.25) is 5.95 Å². The maximum atomic E-state index is 5.73. The molecule has 0 aliphatic carbocycles. The number of methoxy groups -OCH3 is 1. The number of aromatic amines is 1. The Morgan fingerprint density at radius 3 is 2.97 bits per heavy atom. The lowest BCUT2D eigenvalue weighted by molar-refractivity contribution is 0.181. The highest BCUT2D eigenvalue weighted by Gasteiger charge is 2.32. The van der Waals surface area contributed by atoms with Crippen LogP contribution in [0.4, 0.5) is 17.6 Å². The van der Waals surface area contributed by atoms with E-state index in [9.17, 15) is 0 Å². The van der Waals surface area contributed by atoms with Crippen molar-refractivity contribution in [2.75, 3.05) is 23.9 Å². The fourth-order valence-electron chi connectivity index (χ4n) is 3.91. The van der Waals surface area contributed by atoms with Gasteiger partial charge in [0.15, 0.2) is 11.6 Å². The third kappa shape index (κ3) is 4.17. The normalized spacial score (nSPS) is 15.9. The Bertz CT molecular complexity index is 1190. The Morgan fingerprint density at radius 1 is 1.25 bits per heavy atom. The average molecular weight is 432 g/mol. The second kappa shape index (κ2) is 8.75. The maximum Gasteiger partial charge on any atom is 0.228 e. The number of anilines is 3. The van der Waals surface area contributed by atoms with Crippen LogP contribution < -0.4 is 10.2 Å². The molecule has 32 heavy (non-hydrogen) atoms. The van der Waals surface area contributed by atoms with Crippen LogP contribution in [0, 0.1) is 6.92 Å². The molecule has 0 spiro atoms. The van der Waals surface area contributed by atoms with Gasteiger partial charge in [0.25, 0.3) is 0 Å². The minimum absolute atomic E-state index is 0.00574. The van der Waals surface area contributed by atoms with Crippen molar-refractivity contribution in [1.82, 2.24) is 30.3 Å². The molecular formula is C22H24N8O2. The molecule has 1 aliphatic heterocycles. The van der Waals surface area contributed by atoms with Crippen molar-refractivity contribution in [3.8, 4) is 11.3 Å². The number of ether oxygens (including phenoxy) is 1. The molecule has 4 aromatic rings. The van der Waals surface area contributed by atoms with Gasteiger partial charge in [0.05, 0.1) is 18.3 Å². The van der Waals surface area contributed by atoms with E-state index in [0.717, 1.165) is 47.8 Å². The van der Waals surface area contributed by atoms with E-state index < -0.39 is 0 Å². The first-order valence-corrected chi connectivity index (χ1v) is 10.5. The van der Waals surface area contributed by atoms with Crippen LogP contribution in [0.1, 0.15) is 36.0 Å². The van der Waals surface area contributed by atoms with Crippen molar-refractivity contribution in [3.63, 3.8) is 0 Å². The van der Waals surface area contributed by atoms with Gasteiger partial charge in [0.1, 0.15) is 11.5 Å². The molecule has 5 rings (SSSR count). The molecule has 1 saturated heterocycles. The second-order valence-electron chi connectivity index (χ2n) is 7.75. The largest absolute Gasteiger partial charge is 0.378 e. The molecule has 0 saturated carbocycles. The van der Waals surface area contributed by atoms with Gasteiger partial charge in [-0.15, -0.1) is 0 Å². The number of H-pyrrole nitrogens is 1. The first-order chi connectivity index (χ1) is 15.7. The number of rotatable bonds is 7. The van der Waals surface area contributed by atoms with Crippen LogP contribution in [-0.2, 0) is 11.3 Å². The minimum atomic E-state index is 0.00574. The first kappa shape index (κ1) is 20.1. The summed E-state index contributed by atoms with van der Waals surface area (Å²) >= 11 is 0. The molecule has 10 heteroatoms. The lowest BCUT2D eigenvalue weighted by atomic mass is 10.1. The predicted molar refractivity (Wildman–Crippen MR) is 118 cm³/mol. The summed E-state index contributed by atoms with van der Waals surface area (Å²) in [5.41, 5.74) is 3.44.